The van der Waals surface area contributed by atoms with Crippen molar-refractivity contribution in [2.75, 3.05) is 26.2 Å². The molecule has 6 nitrogen and oxygen atoms in total. The third-order valence-corrected chi connectivity index (χ3v) is 6.54. The number of carboxylic acid groups (broad SMARTS) is 1. The van der Waals surface area contributed by atoms with Gasteiger partial charge in [-0.05, 0) is 62.8 Å². The Morgan fingerprint density at radius 1 is 1.30 bits per heavy atom. The number of hydrogen-bond acceptors (Lipinski definition) is 4. The average Bonchev–Trinajstić information content (AvgIpc) is 3.10. The molecular weight excluding hydrogens is 342 g/mol. The fourth-order valence-corrected chi connectivity index (χ4v) is 5.04. The Bertz CT molecular complexity index is 737. The van der Waals surface area contributed by atoms with Crippen LogP contribution in [0.5, 0.6) is 5.75 Å². The first-order chi connectivity index (χ1) is 13.1. The topological polar surface area (TPSA) is 85.6 Å². The summed E-state index contributed by atoms with van der Waals surface area (Å²) in [6, 6.07) is 8.16. The predicted octanol–water partition coefficient (Wildman–Crippen LogP) is 3.18. The second-order valence-corrected chi connectivity index (χ2v) is 8.26. The molecule has 1 saturated heterocycles. The van der Waals surface area contributed by atoms with E-state index in [1.54, 1.807) is 0 Å². The van der Waals surface area contributed by atoms with Crippen LogP contribution in [-0.4, -0.2) is 48.4 Å². The zero-order chi connectivity index (χ0) is 18.8. The van der Waals surface area contributed by atoms with E-state index in [1.807, 2.05) is 18.2 Å². The molecule has 0 bridgehead atoms. The van der Waals surface area contributed by atoms with Crippen LogP contribution in [0.1, 0.15) is 49.1 Å². The highest BCUT2D eigenvalue weighted by atomic mass is 16.5. The van der Waals surface area contributed by atoms with Gasteiger partial charge in [-0.1, -0.05) is 0 Å². The van der Waals surface area contributed by atoms with Gasteiger partial charge in [0.1, 0.15) is 5.75 Å². The van der Waals surface area contributed by atoms with Crippen molar-refractivity contribution in [2.45, 2.75) is 44.1 Å². The predicted molar refractivity (Wildman–Crippen MR) is 101 cm³/mol. The number of benzene rings is 1. The van der Waals surface area contributed by atoms with Gasteiger partial charge in [-0.2, -0.15) is 5.26 Å². The van der Waals surface area contributed by atoms with Crippen LogP contribution in [0.3, 0.4) is 0 Å². The van der Waals surface area contributed by atoms with Crippen LogP contribution >= 0.6 is 0 Å². The standard InChI is InChI=1S/C21H27N3O3/c22-10-15-3-6-20-18(9-15)19-12-24(11-16(19)13-27-20)8-7-14-1-4-17(5-2-14)23-21(25)26/h3,6,9,14,16-17,19,23H,1-2,4-5,7-8,11-13H2,(H,25,26)/t14?,16-,17?,19+/m0/s1. The van der Waals surface area contributed by atoms with E-state index < -0.39 is 6.09 Å². The maximum absolute atomic E-state index is 10.8. The number of likely N-dealkylation sites (tertiary alicyclic amines) is 1. The summed E-state index contributed by atoms with van der Waals surface area (Å²) in [4.78, 5) is 13.3. The summed E-state index contributed by atoms with van der Waals surface area (Å²) >= 11 is 0. The second kappa shape index (κ2) is 7.77. The van der Waals surface area contributed by atoms with Crippen LogP contribution in [0.2, 0.25) is 0 Å². The number of nitrogens with one attached hydrogen (secondary N) is 1. The Morgan fingerprint density at radius 3 is 2.85 bits per heavy atom. The second-order valence-electron chi connectivity index (χ2n) is 8.26. The summed E-state index contributed by atoms with van der Waals surface area (Å²) in [7, 11) is 0. The molecule has 1 aromatic carbocycles. The summed E-state index contributed by atoms with van der Waals surface area (Å²) in [5, 5.41) is 20.6. The van der Waals surface area contributed by atoms with Gasteiger partial charge in [0.25, 0.3) is 0 Å². The molecule has 1 amide bonds. The molecule has 2 fully saturated rings. The Morgan fingerprint density at radius 2 is 2.11 bits per heavy atom. The van der Waals surface area contributed by atoms with Crippen LogP contribution in [0.15, 0.2) is 18.2 Å². The minimum absolute atomic E-state index is 0.136. The highest BCUT2D eigenvalue weighted by Gasteiger charge is 2.38. The van der Waals surface area contributed by atoms with Gasteiger partial charge in [0.15, 0.2) is 0 Å². The first-order valence-electron chi connectivity index (χ1n) is 10.0. The van der Waals surface area contributed by atoms with Crippen molar-refractivity contribution in [3.05, 3.63) is 29.3 Å². The van der Waals surface area contributed by atoms with Crippen molar-refractivity contribution >= 4 is 6.09 Å². The molecule has 1 aromatic rings. The molecule has 0 aromatic heterocycles. The van der Waals surface area contributed by atoms with Gasteiger partial charge < -0.3 is 20.1 Å². The summed E-state index contributed by atoms with van der Waals surface area (Å²) in [5.74, 6) is 2.63. The quantitative estimate of drug-likeness (QED) is 0.851. The minimum Gasteiger partial charge on any atom is -0.493 e. The fourth-order valence-electron chi connectivity index (χ4n) is 5.04. The van der Waals surface area contributed by atoms with E-state index in [0.29, 0.717) is 23.3 Å². The molecule has 0 unspecified atom stereocenters. The highest BCUT2D eigenvalue weighted by molar-refractivity contribution is 5.64. The number of amides is 1. The van der Waals surface area contributed by atoms with Crippen molar-refractivity contribution in [1.29, 1.82) is 5.26 Å². The van der Waals surface area contributed by atoms with Gasteiger partial charge in [0.05, 0.1) is 18.2 Å². The Labute approximate surface area is 160 Å². The van der Waals surface area contributed by atoms with Crippen molar-refractivity contribution in [2.24, 2.45) is 11.8 Å². The SMILES string of the molecule is N#Cc1ccc2c(c1)[C@@H]1CN(CCC3CCC(NC(=O)O)CC3)C[C@H]1CO2. The fraction of sp³-hybridized carbons (Fsp3) is 0.619. The molecule has 1 aliphatic carbocycles. The molecular formula is C21H27N3O3. The zero-order valence-electron chi connectivity index (χ0n) is 15.6. The molecule has 3 aliphatic rings. The maximum atomic E-state index is 10.8. The number of nitriles is 1. The van der Waals surface area contributed by atoms with E-state index in [4.69, 9.17) is 9.84 Å². The summed E-state index contributed by atoms with van der Waals surface area (Å²) in [5.41, 5.74) is 1.91. The van der Waals surface area contributed by atoms with E-state index in [2.05, 4.69) is 16.3 Å². The Hall–Kier alpha value is -2.26. The normalized spacial score (nSPS) is 29.9. The average molecular weight is 369 g/mol. The van der Waals surface area contributed by atoms with E-state index in [-0.39, 0.29) is 6.04 Å². The van der Waals surface area contributed by atoms with Crippen molar-refractivity contribution in [3.8, 4) is 11.8 Å². The Kier molecular flexibility index (Phi) is 5.22. The van der Waals surface area contributed by atoms with E-state index in [0.717, 1.165) is 57.7 Å². The number of carbonyl (C=O) groups is 1. The van der Waals surface area contributed by atoms with Crippen LogP contribution in [-0.2, 0) is 0 Å². The molecule has 6 heteroatoms. The first-order valence-corrected chi connectivity index (χ1v) is 10.0. The number of fused-ring (bicyclic) bond motifs is 3. The lowest BCUT2D eigenvalue weighted by Gasteiger charge is -2.29. The lowest BCUT2D eigenvalue weighted by molar-refractivity contribution is 0.179. The number of hydrogen-bond donors (Lipinski definition) is 2. The third kappa shape index (κ3) is 4.03. The van der Waals surface area contributed by atoms with Gasteiger partial charge in [0.2, 0.25) is 0 Å². The smallest absolute Gasteiger partial charge is 0.404 e. The van der Waals surface area contributed by atoms with E-state index in [1.165, 1.54) is 12.0 Å². The number of rotatable bonds is 4. The number of nitrogens with zero attached hydrogens (tertiary/aromatic N) is 2. The van der Waals surface area contributed by atoms with Gasteiger partial charge >= 0.3 is 6.09 Å². The molecule has 144 valence electrons. The number of ether oxygens (including phenoxy) is 1. The maximum Gasteiger partial charge on any atom is 0.404 e. The van der Waals surface area contributed by atoms with E-state index in [9.17, 15) is 10.1 Å². The summed E-state index contributed by atoms with van der Waals surface area (Å²) in [6.07, 6.45) is 4.43. The lowest BCUT2D eigenvalue weighted by Crippen LogP contribution is -2.37. The van der Waals surface area contributed by atoms with Gasteiger partial charge in [-0.25, -0.2) is 4.79 Å². The summed E-state index contributed by atoms with van der Waals surface area (Å²) in [6.45, 7) is 3.98. The summed E-state index contributed by atoms with van der Waals surface area (Å²) < 4.78 is 5.93. The molecule has 4 rings (SSSR count). The highest BCUT2D eigenvalue weighted by Crippen LogP contribution is 2.42. The zero-order valence-corrected chi connectivity index (χ0v) is 15.6. The first kappa shape index (κ1) is 18.1. The minimum atomic E-state index is -0.903. The van der Waals surface area contributed by atoms with Crippen LogP contribution in [0.25, 0.3) is 0 Å². The van der Waals surface area contributed by atoms with Crippen LogP contribution in [0, 0.1) is 23.2 Å². The van der Waals surface area contributed by atoms with Crippen LogP contribution in [0.4, 0.5) is 4.79 Å². The molecule has 27 heavy (non-hydrogen) atoms. The van der Waals surface area contributed by atoms with Crippen molar-refractivity contribution in [3.63, 3.8) is 0 Å². The molecule has 2 N–H and O–H groups in total. The molecule has 0 spiro atoms. The molecule has 2 heterocycles. The van der Waals surface area contributed by atoms with Gasteiger partial charge in [0, 0.05) is 36.5 Å². The molecule has 1 saturated carbocycles. The van der Waals surface area contributed by atoms with E-state index >= 15 is 0 Å². The Balaban J connectivity index is 1.29. The molecule has 2 atom stereocenters. The van der Waals surface area contributed by atoms with Crippen molar-refractivity contribution < 1.29 is 14.6 Å². The van der Waals surface area contributed by atoms with Gasteiger partial charge in [-0.15, -0.1) is 0 Å². The molecule has 2 aliphatic heterocycles. The van der Waals surface area contributed by atoms with Gasteiger partial charge in [-0.3, -0.25) is 0 Å². The third-order valence-electron chi connectivity index (χ3n) is 6.54. The molecule has 0 radical (unpaired) electrons. The van der Waals surface area contributed by atoms with Crippen LogP contribution < -0.4 is 10.1 Å². The monoisotopic (exact) mass is 369 g/mol. The van der Waals surface area contributed by atoms with Crippen molar-refractivity contribution in [1.82, 2.24) is 10.2 Å². The lowest BCUT2D eigenvalue weighted by atomic mass is 9.84. The largest absolute Gasteiger partial charge is 0.493 e.